The van der Waals surface area contributed by atoms with Gasteiger partial charge in [0.2, 0.25) is 11.8 Å². The lowest BCUT2D eigenvalue weighted by Crippen LogP contribution is -2.59. The molecule has 1 atom stereocenters. The lowest BCUT2D eigenvalue weighted by molar-refractivity contribution is -0.146. The number of benzene rings is 1. The standard InChI is InChI=1S/C21H25N3O3/c1-2-22-20(26)21(11-6-12-24(21)19(25)16-9-10-16)14-17-13-18(23-27-17)15-7-4-3-5-8-15/h3-5,7-8,13,16H,2,6,9-12,14H2,1H3,(H,22,26). The summed E-state index contributed by atoms with van der Waals surface area (Å²) >= 11 is 0. The molecule has 4 rings (SSSR count). The molecule has 0 bridgehead atoms. The molecule has 1 aromatic carbocycles. The fraction of sp³-hybridized carbons (Fsp3) is 0.476. The van der Waals surface area contributed by atoms with Gasteiger partial charge in [-0.25, -0.2) is 0 Å². The van der Waals surface area contributed by atoms with E-state index in [0.29, 0.717) is 31.7 Å². The van der Waals surface area contributed by atoms with Gasteiger partial charge in [0.05, 0.1) is 0 Å². The molecule has 2 amide bonds. The van der Waals surface area contributed by atoms with Gasteiger partial charge in [0.25, 0.3) is 0 Å². The maximum atomic E-state index is 13.0. The molecule has 6 nitrogen and oxygen atoms in total. The van der Waals surface area contributed by atoms with Crippen LogP contribution in [-0.2, 0) is 16.0 Å². The molecular formula is C21H25N3O3. The number of rotatable bonds is 6. The summed E-state index contributed by atoms with van der Waals surface area (Å²) in [6.07, 6.45) is 3.70. The average Bonchev–Trinajstić information content (AvgIpc) is 3.29. The molecule has 1 aromatic heterocycles. The Bertz CT molecular complexity index is 828. The Morgan fingerprint density at radius 2 is 2.07 bits per heavy atom. The molecule has 2 fully saturated rings. The van der Waals surface area contributed by atoms with Gasteiger partial charge in [0, 0.05) is 37.1 Å². The summed E-state index contributed by atoms with van der Waals surface area (Å²) in [5.74, 6) is 0.748. The molecule has 1 saturated heterocycles. The molecule has 1 N–H and O–H groups in total. The van der Waals surface area contributed by atoms with Crippen molar-refractivity contribution in [2.24, 2.45) is 5.92 Å². The first-order chi connectivity index (χ1) is 13.1. The van der Waals surface area contributed by atoms with E-state index >= 15 is 0 Å². The molecule has 1 aliphatic heterocycles. The van der Waals surface area contributed by atoms with Crippen molar-refractivity contribution < 1.29 is 14.1 Å². The molecule has 1 saturated carbocycles. The van der Waals surface area contributed by atoms with Gasteiger partial charge in [-0.1, -0.05) is 35.5 Å². The van der Waals surface area contributed by atoms with Crippen LogP contribution in [0.4, 0.5) is 0 Å². The molecule has 1 unspecified atom stereocenters. The fourth-order valence-corrected chi connectivity index (χ4v) is 4.01. The maximum Gasteiger partial charge on any atom is 0.246 e. The van der Waals surface area contributed by atoms with Crippen LogP contribution in [0.3, 0.4) is 0 Å². The van der Waals surface area contributed by atoms with E-state index in [1.54, 1.807) is 4.90 Å². The van der Waals surface area contributed by atoms with Crippen LogP contribution >= 0.6 is 0 Å². The van der Waals surface area contributed by atoms with Gasteiger partial charge < -0.3 is 14.7 Å². The van der Waals surface area contributed by atoms with E-state index in [1.165, 1.54) is 0 Å². The van der Waals surface area contributed by atoms with Crippen LogP contribution in [0.2, 0.25) is 0 Å². The van der Waals surface area contributed by atoms with E-state index in [-0.39, 0.29) is 17.7 Å². The van der Waals surface area contributed by atoms with Crippen molar-refractivity contribution >= 4 is 11.8 Å². The number of carbonyl (C=O) groups is 2. The van der Waals surface area contributed by atoms with Gasteiger partial charge >= 0.3 is 0 Å². The summed E-state index contributed by atoms with van der Waals surface area (Å²) in [4.78, 5) is 27.7. The second-order valence-corrected chi connectivity index (χ2v) is 7.48. The second-order valence-electron chi connectivity index (χ2n) is 7.48. The third-order valence-electron chi connectivity index (χ3n) is 5.54. The predicted molar refractivity (Wildman–Crippen MR) is 101 cm³/mol. The van der Waals surface area contributed by atoms with Crippen molar-refractivity contribution in [3.63, 3.8) is 0 Å². The SMILES string of the molecule is CCNC(=O)C1(Cc2cc(-c3ccccc3)no2)CCCN1C(=O)C1CC1. The summed E-state index contributed by atoms with van der Waals surface area (Å²) in [5.41, 5.74) is 0.843. The predicted octanol–water partition coefficient (Wildman–Crippen LogP) is 2.79. The summed E-state index contributed by atoms with van der Waals surface area (Å²) < 4.78 is 5.57. The number of hydrogen-bond donors (Lipinski definition) is 1. The van der Waals surface area contributed by atoms with Gasteiger partial charge in [0.1, 0.15) is 17.0 Å². The molecule has 6 heteroatoms. The minimum Gasteiger partial charge on any atom is -0.361 e. The largest absolute Gasteiger partial charge is 0.361 e. The molecular weight excluding hydrogens is 342 g/mol. The fourth-order valence-electron chi connectivity index (χ4n) is 4.01. The molecule has 0 spiro atoms. The van der Waals surface area contributed by atoms with Crippen LogP contribution in [0, 0.1) is 5.92 Å². The number of nitrogens with one attached hydrogen (secondary N) is 1. The van der Waals surface area contributed by atoms with Crippen LogP contribution in [0.1, 0.15) is 38.4 Å². The number of likely N-dealkylation sites (tertiary alicyclic amines) is 1. The summed E-state index contributed by atoms with van der Waals surface area (Å²) in [7, 11) is 0. The highest BCUT2D eigenvalue weighted by Gasteiger charge is 2.52. The molecule has 2 aliphatic rings. The molecule has 27 heavy (non-hydrogen) atoms. The van der Waals surface area contributed by atoms with Crippen molar-refractivity contribution in [3.05, 3.63) is 42.2 Å². The topological polar surface area (TPSA) is 75.4 Å². The van der Waals surface area contributed by atoms with E-state index in [9.17, 15) is 9.59 Å². The Morgan fingerprint density at radius 1 is 1.30 bits per heavy atom. The first-order valence-electron chi connectivity index (χ1n) is 9.75. The number of nitrogens with zero attached hydrogens (tertiary/aromatic N) is 2. The Labute approximate surface area is 158 Å². The Kier molecular flexibility index (Phi) is 4.72. The van der Waals surface area contributed by atoms with E-state index in [2.05, 4.69) is 10.5 Å². The molecule has 1 aliphatic carbocycles. The zero-order chi connectivity index (χ0) is 18.9. The van der Waals surface area contributed by atoms with Crippen molar-refractivity contribution in [1.29, 1.82) is 0 Å². The van der Waals surface area contributed by atoms with Crippen molar-refractivity contribution in [3.8, 4) is 11.3 Å². The maximum absolute atomic E-state index is 13.0. The first-order valence-corrected chi connectivity index (χ1v) is 9.75. The third-order valence-corrected chi connectivity index (χ3v) is 5.54. The van der Waals surface area contributed by atoms with Crippen LogP contribution < -0.4 is 5.32 Å². The zero-order valence-corrected chi connectivity index (χ0v) is 15.6. The van der Waals surface area contributed by atoms with E-state index in [4.69, 9.17) is 4.52 Å². The average molecular weight is 367 g/mol. The van der Waals surface area contributed by atoms with Gasteiger partial charge in [-0.15, -0.1) is 0 Å². The normalized spacial score (nSPS) is 22.0. The Balaban J connectivity index is 1.63. The summed E-state index contributed by atoms with van der Waals surface area (Å²) in [6, 6.07) is 11.7. The third kappa shape index (κ3) is 3.36. The first kappa shape index (κ1) is 17.8. The molecule has 142 valence electrons. The highest BCUT2D eigenvalue weighted by molar-refractivity contribution is 5.93. The Hall–Kier alpha value is -2.63. The van der Waals surface area contributed by atoms with Crippen LogP contribution in [0.5, 0.6) is 0 Å². The number of likely N-dealkylation sites (N-methyl/N-ethyl adjacent to an activating group) is 1. The van der Waals surface area contributed by atoms with Crippen molar-refractivity contribution in [2.45, 2.75) is 44.6 Å². The monoisotopic (exact) mass is 367 g/mol. The quantitative estimate of drug-likeness (QED) is 0.852. The van der Waals surface area contributed by atoms with Gasteiger partial charge in [0.15, 0.2) is 0 Å². The highest BCUT2D eigenvalue weighted by Crippen LogP contribution is 2.39. The lowest BCUT2D eigenvalue weighted by Gasteiger charge is -2.36. The van der Waals surface area contributed by atoms with Crippen LogP contribution in [0.25, 0.3) is 11.3 Å². The summed E-state index contributed by atoms with van der Waals surface area (Å²) in [5, 5.41) is 7.11. The minimum atomic E-state index is -0.872. The molecule has 2 aromatic rings. The lowest BCUT2D eigenvalue weighted by atomic mass is 9.88. The van der Waals surface area contributed by atoms with Crippen LogP contribution in [-0.4, -0.2) is 40.5 Å². The van der Waals surface area contributed by atoms with E-state index in [1.807, 2.05) is 43.3 Å². The highest BCUT2D eigenvalue weighted by atomic mass is 16.5. The number of hydrogen-bond acceptors (Lipinski definition) is 4. The van der Waals surface area contributed by atoms with E-state index < -0.39 is 5.54 Å². The minimum absolute atomic E-state index is 0.0887. The Morgan fingerprint density at radius 3 is 2.78 bits per heavy atom. The van der Waals surface area contributed by atoms with Gasteiger partial charge in [-0.3, -0.25) is 9.59 Å². The van der Waals surface area contributed by atoms with Crippen molar-refractivity contribution in [1.82, 2.24) is 15.4 Å². The van der Waals surface area contributed by atoms with E-state index in [0.717, 1.165) is 30.5 Å². The summed E-state index contributed by atoms with van der Waals surface area (Å²) in [6.45, 7) is 3.07. The molecule has 0 radical (unpaired) electrons. The van der Waals surface area contributed by atoms with Crippen LogP contribution in [0.15, 0.2) is 40.9 Å². The molecule has 2 heterocycles. The smallest absolute Gasteiger partial charge is 0.246 e. The number of carbonyl (C=O) groups excluding carboxylic acids is 2. The zero-order valence-electron chi connectivity index (χ0n) is 15.6. The van der Waals surface area contributed by atoms with Crippen molar-refractivity contribution in [2.75, 3.05) is 13.1 Å². The number of aromatic nitrogens is 1. The van der Waals surface area contributed by atoms with Gasteiger partial charge in [-0.2, -0.15) is 0 Å². The number of amides is 2. The van der Waals surface area contributed by atoms with Gasteiger partial charge in [-0.05, 0) is 32.6 Å². The second kappa shape index (κ2) is 7.18.